The Morgan fingerprint density at radius 3 is 2.31 bits per heavy atom. The van der Waals surface area contributed by atoms with Gasteiger partial charge in [0.05, 0.1) is 12.6 Å². The number of para-hydroxylation sites is 2. The molecule has 13 heteroatoms. The van der Waals surface area contributed by atoms with Crippen LogP contribution in [-0.2, 0) is 27.4 Å². The maximum atomic E-state index is 15.3. The second kappa shape index (κ2) is 16.8. The number of hydrogen-bond donors (Lipinski definition) is 3. The minimum atomic E-state index is -1.35. The second-order valence-electron chi connectivity index (χ2n) is 11.5. The Kier molecular flexibility index (Phi) is 11.8. The largest absolute Gasteiger partial charge is 0.453 e. The summed E-state index contributed by atoms with van der Waals surface area (Å²) in [6.45, 7) is 0.640. The van der Waals surface area contributed by atoms with Gasteiger partial charge >= 0.3 is 12.1 Å². The van der Waals surface area contributed by atoms with Crippen LogP contribution in [0.1, 0.15) is 36.8 Å². The molecule has 0 spiro atoms. The monoisotopic (exact) mass is 671 g/mol. The zero-order chi connectivity index (χ0) is 34.6. The van der Waals surface area contributed by atoms with E-state index in [4.69, 9.17) is 9.47 Å². The van der Waals surface area contributed by atoms with Gasteiger partial charge in [-0.1, -0.05) is 59.1 Å². The molecule has 0 radical (unpaired) electrons. The first-order valence-corrected chi connectivity index (χ1v) is 15.8. The number of anilines is 2. The van der Waals surface area contributed by atoms with Crippen LogP contribution in [0.15, 0.2) is 97.3 Å². The Morgan fingerprint density at radius 2 is 1.55 bits per heavy atom. The number of amides is 5. The van der Waals surface area contributed by atoms with E-state index in [-0.39, 0.29) is 58.8 Å². The summed E-state index contributed by atoms with van der Waals surface area (Å²) < 4.78 is 39.6. The molecule has 4 aromatic rings. The smallest absolute Gasteiger partial charge is 0.407 e. The number of carbonyl (C=O) groups is 4. The molecule has 49 heavy (non-hydrogen) atoms. The van der Waals surface area contributed by atoms with E-state index in [9.17, 15) is 23.6 Å². The Balaban J connectivity index is 1.12. The summed E-state index contributed by atoms with van der Waals surface area (Å²) in [7, 11) is 0. The molecule has 1 fully saturated rings. The molecule has 0 unspecified atom stereocenters. The molecule has 1 aliphatic rings. The third-order valence-electron chi connectivity index (χ3n) is 8.00. The van der Waals surface area contributed by atoms with E-state index in [1.54, 1.807) is 6.07 Å². The molecule has 1 aliphatic carbocycles. The molecule has 1 aromatic heterocycles. The van der Waals surface area contributed by atoms with E-state index in [0.717, 1.165) is 18.4 Å². The van der Waals surface area contributed by atoms with Crippen molar-refractivity contribution in [2.45, 2.75) is 38.7 Å². The van der Waals surface area contributed by atoms with E-state index in [1.807, 2.05) is 35.6 Å². The number of carbonyl (C=O) groups excluding carboxylic acids is 4. The summed E-state index contributed by atoms with van der Waals surface area (Å²) >= 11 is 0. The van der Waals surface area contributed by atoms with Gasteiger partial charge in [-0.05, 0) is 67.0 Å². The highest BCUT2D eigenvalue weighted by Gasteiger charge is 2.28. The van der Waals surface area contributed by atoms with Crippen molar-refractivity contribution >= 4 is 35.3 Å². The van der Waals surface area contributed by atoms with Crippen molar-refractivity contribution in [3.63, 3.8) is 0 Å². The van der Waals surface area contributed by atoms with Crippen LogP contribution in [0.2, 0.25) is 0 Å². The molecule has 3 aromatic carbocycles. The fourth-order valence-corrected chi connectivity index (χ4v) is 5.36. The van der Waals surface area contributed by atoms with Gasteiger partial charge in [-0.2, -0.15) is 0 Å². The molecule has 1 saturated carbocycles. The van der Waals surface area contributed by atoms with E-state index >= 15 is 4.48 Å². The van der Waals surface area contributed by atoms with Crippen molar-refractivity contribution in [1.29, 1.82) is 0 Å². The molecule has 0 saturated heterocycles. The molecule has 1 heterocycles. The predicted octanol–water partition coefficient (Wildman–Crippen LogP) is 6.85. The molecule has 0 aliphatic heterocycles. The summed E-state index contributed by atoms with van der Waals surface area (Å²) in [4.78, 5) is 54.3. The summed E-state index contributed by atoms with van der Waals surface area (Å²) in [5.41, 5.74) is 1.29. The number of urea groups is 1. The Hall–Kier alpha value is -5.85. The van der Waals surface area contributed by atoms with Gasteiger partial charge in [0.2, 0.25) is 11.8 Å². The van der Waals surface area contributed by atoms with E-state index in [0.29, 0.717) is 24.9 Å². The lowest BCUT2D eigenvalue weighted by Crippen LogP contribution is -2.39. The number of rotatable bonds is 11. The van der Waals surface area contributed by atoms with Crippen LogP contribution >= 0.6 is 0 Å². The minimum absolute atomic E-state index is 0.0665. The highest BCUT2D eigenvalue weighted by atomic mass is 19.2. The molecule has 11 nitrogen and oxygen atoms in total. The number of pyridine rings is 1. The van der Waals surface area contributed by atoms with Crippen molar-refractivity contribution in [3.8, 4) is 11.5 Å². The number of alkyl carbamates (subject to hydrolysis) is 1. The zero-order valence-electron chi connectivity index (χ0n) is 26.4. The average molecular weight is 672 g/mol. The van der Waals surface area contributed by atoms with Gasteiger partial charge in [-0.25, -0.2) is 14.0 Å². The van der Waals surface area contributed by atoms with Crippen LogP contribution in [0, 0.1) is 17.7 Å². The number of aromatic nitrogens is 1. The third kappa shape index (κ3) is 10.1. The molecular formula is C36H35F2N5O6. The SMILES string of the molecule is O=C(Cc1ccc(F)cc1)NC(=O)N(F)c1ccccc1Oc1ccncc1NC(=O)C1CCC(CNC(=O)OCc2ccccc2)CC1. The highest BCUT2D eigenvalue weighted by molar-refractivity contribution is 6.02. The standard InChI is InChI=1S/C36H35F2N5O6/c37-28-16-12-24(13-17-28)20-33(44)42-35(46)43(38)30-8-4-5-9-32(30)49-31-18-19-39-22-29(31)41-34(45)27-14-10-25(11-15-27)21-40-36(47)48-23-26-6-2-1-3-7-26/h1-9,12-13,16-19,22,25,27H,10-11,14-15,20-21,23H2,(H,40,47)(H,41,45)(H,42,44,46). The van der Waals surface area contributed by atoms with Crippen LogP contribution < -0.4 is 25.8 Å². The number of hydrogen-bond acceptors (Lipinski definition) is 7. The van der Waals surface area contributed by atoms with Gasteiger partial charge in [-0.3, -0.25) is 19.9 Å². The fourth-order valence-electron chi connectivity index (χ4n) is 5.36. The number of nitrogens with zero attached hydrogens (tertiary/aromatic N) is 2. The third-order valence-corrected chi connectivity index (χ3v) is 8.00. The van der Waals surface area contributed by atoms with Gasteiger partial charge in [0.15, 0.2) is 11.5 Å². The maximum Gasteiger partial charge on any atom is 0.407 e. The van der Waals surface area contributed by atoms with Crippen molar-refractivity contribution in [1.82, 2.24) is 15.6 Å². The summed E-state index contributed by atoms with van der Waals surface area (Å²) in [6, 6.07) is 20.4. The van der Waals surface area contributed by atoms with Gasteiger partial charge in [0.1, 0.15) is 23.8 Å². The lowest BCUT2D eigenvalue weighted by molar-refractivity contribution is -0.121. The summed E-state index contributed by atoms with van der Waals surface area (Å²) in [5.74, 6) is -1.47. The summed E-state index contributed by atoms with van der Waals surface area (Å²) in [6.07, 6.45) is 4.79. The Bertz CT molecular complexity index is 1750. The number of halogens is 2. The lowest BCUT2D eigenvalue weighted by atomic mass is 9.81. The maximum absolute atomic E-state index is 15.3. The van der Waals surface area contributed by atoms with Crippen molar-refractivity contribution in [2.24, 2.45) is 11.8 Å². The van der Waals surface area contributed by atoms with Gasteiger partial charge in [-0.15, -0.1) is 5.12 Å². The molecule has 254 valence electrons. The fraction of sp³-hybridized carbons (Fsp3) is 0.250. The average Bonchev–Trinajstić information content (AvgIpc) is 3.12. The zero-order valence-corrected chi connectivity index (χ0v) is 26.4. The summed E-state index contributed by atoms with van der Waals surface area (Å²) in [5, 5.41) is 7.37. The topological polar surface area (TPSA) is 139 Å². The number of ether oxygens (including phenoxy) is 2. The second-order valence-corrected chi connectivity index (χ2v) is 11.5. The van der Waals surface area contributed by atoms with E-state index < -0.39 is 23.8 Å². The van der Waals surface area contributed by atoms with E-state index in [2.05, 4.69) is 15.6 Å². The molecular weight excluding hydrogens is 636 g/mol. The first-order chi connectivity index (χ1) is 23.7. The Labute approximate surface area is 281 Å². The molecule has 5 amide bonds. The van der Waals surface area contributed by atoms with Crippen molar-refractivity contribution in [3.05, 3.63) is 114 Å². The van der Waals surface area contributed by atoms with Crippen molar-refractivity contribution < 1.29 is 37.5 Å². The molecule has 0 bridgehead atoms. The quantitative estimate of drug-likeness (QED) is 0.148. The van der Waals surface area contributed by atoms with Crippen LogP contribution in [0.3, 0.4) is 0 Å². The highest BCUT2D eigenvalue weighted by Crippen LogP contribution is 2.36. The Morgan fingerprint density at radius 1 is 0.837 bits per heavy atom. The number of nitrogens with one attached hydrogen (secondary N) is 3. The van der Waals surface area contributed by atoms with Crippen LogP contribution in [0.25, 0.3) is 0 Å². The van der Waals surface area contributed by atoms with Gasteiger partial charge in [0.25, 0.3) is 0 Å². The lowest BCUT2D eigenvalue weighted by Gasteiger charge is -2.28. The first-order valence-electron chi connectivity index (χ1n) is 15.8. The first kappa shape index (κ1) is 34.5. The van der Waals surface area contributed by atoms with Crippen LogP contribution in [0.5, 0.6) is 11.5 Å². The predicted molar refractivity (Wildman–Crippen MR) is 177 cm³/mol. The molecule has 5 rings (SSSR count). The normalized spacial score (nSPS) is 15.4. The van der Waals surface area contributed by atoms with Crippen molar-refractivity contribution in [2.75, 3.05) is 17.0 Å². The minimum Gasteiger partial charge on any atom is -0.453 e. The van der Waals surface area contributed by atoms with Gasteiger partial charge < -0.3 is 20.1 Å². The van der Waals surface area contributed by atoms with Crippen LogP contribution in [0.4, 0.5) is 29.8 Å². The number of benzene rings is 3. The number of imide groups is 1. The van der Waals surface area contributed by atoms with E-state index in [1.165, 1.54) is 60.9 Å². The molecule has 0 atom stereocenters. The molecule has 3 N–H and O–H groups in total. The van der Waals surface area contributed by atoms with Crippen LogP contribution in [-0.4, -0.2) is 35.5 Å². The van der Waals surface area contributed by atoms with Gasteiger partial charge in [0, 0.05) is 24.7 Å².